The number of methoxy groups -OCH3 is 1. The lowest BCUT2D eigenvalue weighted by atomic mass is 10.1. The fourth-order valence-corrected chi connectivity index (χ4v) is 3.86. The monoisotopic (exact) mass is 377 g/mol. The summed E-state index contributed by atoms with van der Waals surface area (Å²) in [6, 6.07) is 3.43. The number of nitrogens with zero attached hydrogens (tertiary/aromatic N) is 3. The van der Waals surface area contributed by atoms with Crippen molar-refractivity contribution < 1.29 is 4.74 Å². The second kappa shape index (κ2) is 7.40. The summed E-state index contributed by atoms with van der Waals surface area (Å²) in [6.45, 7) is 3.02. The van der Waals surface area contributed by atoms with E-state index in [9.17, 15) is 4.79 Å². The molecule has 0 aliphatic carbocycles. The van der Waals surface area contributed by atoms with Crippen LogP contribution < -0.4 is 16.1 Å². The minimum Gasteiger partial charge on any atom is -0.383 e. The van der Waals surface area contributed by atoms with E-state index >= 15 is 0 Å². The predicted octanol–water partition coefficient (Wildman–Crippen LogP) is 2.64. The zero-order valence-electron chi connectivity index (χ0n) is 14.1. The number of rotatable bonds is 5. The van der Waals surface area contributed by atoms with Gasteiger partial charge in [0.25, 0.3) is 5.56 Å². The van der Waals surface area contributed by atoms with Gasteiger partial charge in [0.1, 0.15) is 7.85 Å². The number of hydrogen-bond donors (Lipinski definition) is 0. The first-order valence-corrected chi connectivity index (χ1v) is 8.84. The molecule has 5 nitrogen and oxygen atoms in total. The minimum absolute atomic E-state index is 0.107. The summed E-state index contributed by atoms with van der Waals surface area (Å²) in [5.74, 6) is 0.275. The Kier molecular flexibility index (Phi) is 5.42. The Hall–Kier alpha value is -1.50. The van der Waals surface area contributed by atoms with Crippen molar-refractivity contribution in [3.63, 3.8) is 0 Å². The van der Waals surface area contributed by atoms with Gasteiger partial charge < -0.3 is 14.2 Å². The van der Waals surface area contributed by atoms with Crippen molar-refractivity contribution in [3.8, 4) is 0 Å². The van der Waals surface area contributed by atoms with Crippen LogP contribution in [0.1, 0.15) is 24.9 Å². The first-order chi connectivity index (χ1) is 12.0. The highest BCUT2D eigenvalue weighted by molar-refractivity contribution is 6.37. The van der Waals surface area contributed by atoms with E-state index < -0.39 is 0 Å². The number of anilines is 2. The second-order valence-electron chi connectivity index (χ2n) is 6.02. The average Bonchev–Trinajstić information content (AvgIpc) is 2.98. The quantitative estimate of drug-likeness (QED) is 0.751. The average molecular weight is 378 g/mol. The van der Waals surface area contributed by atoms with Gasteiger partial charge in [-0.2, -0.15) is 0 Å². The third kappa shape index (κ3) is 3.43. The van der Waals surface area contributed by atoms with Gasteiger partial charge in [0, 0.05) is 30.5 Å². The highest BCUT2D eigenvalue weighted by Gasteiger charge is 2.28. The lowest BCUT2D eigenvalue weighted by Crippen LogP contribution is -2.36. The summed E-state index contributed by atoms with van der Waals surface area (Å²) >= 11 is 12.5. The van der Waals surface area contributed by atoms with Gasteiger partial charge >= 0.3 is 0 Å². The summed E-state index contributed by atoms with van der Waals surface area (Å²) in [4.78, 5) is 19.2. The van der Waals surface area contributed by atoms with Crippen LogP contribution in [0, 0.1) is 0 Å². The lowest BCUT2D eigenvalue weighted by Gasteiger charge is -2.23. The number of benzene rings is 1. The number of ether oxygens (including phenoxy) is 1. The Labute approximate surface area is 157 Å². The molecule has 0 spiro atoms. The Balaban J connectivity index is 2.12. The molecular formula is C17H18BCl2N3O2. The molecule has 1 aliphatic rings. The summed E-state index contributed by atoms with van der Waals surface area (Å²) in [7, 11) is 7.58. The molecule has 0 amide bonds. The van der Waals surface area contributed by atoms with E-state index in [1.165, 1.54) is 0 Å². The van der Waals surface area contributed by atoms with Gasteiger partial charge in [0.05, 0.1) is 23.4 Å². The van der Waals surface area contributed by atoms with E-state index in [-0.39, 0.29) is 23.0 Å². The molecule has 3 rings (SSSR count). The predicted molar refractivity (Wildman–Crippen MR) is 102 cm³/mol. The van der Waals surface area contributed by atoms with E-state index in [2.05, 4.69) is 4.98 Å². The maximum absolute atomic E-state index is 13.0. The molecule has 2 radical (unpaired) electrons. The van der Waals surface area contributed by atoms with Gasteiger partial charge in [-0.1, -0.05) is 30.1 Å². The molecule has 1 aliphatic heterocycles. The molecule has 0 unspecified atom stereocenters. The van der Waals surface area contributed by atoms with E-state index in [1.807, 2.05) is 17.9 Å². The second-order valence-corrected chi connectivity index (χ2v) is 6.86. The molecule has 130 valence electrons. The van der Waals surface area contributed by atoms with Crippen LogP contribution in [0.3, 0.4) is 0 Å². The van der Waals surface area contributed by atoms with Crippen molar-refractivity contribution >= 4 is 48.1 Å². The van der Waals surface area contributed by atoms with E-state index in [1.54, 1.807) is 23.9 Å². The highest BCUT2D eigenvalue weighted by atomic mass is 35.5. The van der Waals surface area contributed by atoms with Crippen molar-refractivity contribution in [2.75, 3.05) is 25.2 Å². The smallest absolute Gasteiger partial charge is 0.294 e. The molecule has 0 saturated heterocycles. The normalized spacial score (nSPS) is 14.6. The molecule has 0 N–H and O–H groups in total. The van der Waals surface area contributed by atoms with Gasteiger partial charge in [-0.25, -0.2) is 4.98 Å². The molecule has 0 bridgehead atoms. The number of aromatic nitrogens is 2. The Morgan fingerprint density at radius 2 is 2.16 bits per heavy atom. The summed E-state index contributed by atoms with van der Waals surface area (Å²) in [5.41, 5.74) is 1.84. The Bertz CT molecular complexity index is 857. The zero-order chi connectivity index (χ0) is 18.1. The lowest BCUT2D eigenvalue weighted by molar-refractivity contribution is 0.151. The molecule has 1 aromatic heterocycles. The number of halogens is 2. The minimum atomic E-state index is -0.211. The molecule has 8 heteroatoms. The van der Waals surface area contributed by atoms with E-state index in [4.69, 9.17) is 35.8 Å². The fraction of sp³-hybridized carbons (Fsp3) is 0.412. The third-order valence-corrected chi connectivity index (χ3v) is 4.90. The largest absolute Gasteiger partial charge is 0.383 e. The number of hydrogen-bond acceptors (Lipinski definition) is 4. The van der Waals surface area contributed by atoms with Crippen LogP contribution in [-0.2, 0) is 11.2 Å². The summed E-state index contributed by atoms with van der Waals surface area (Å²) in [6.07, 6.45) is 3.05. The van der Waals surface area contributed by atoms with Crippen molar-refractivity contribution in [2.45, 2.75) is 25.8 Å². The molecule has 2 heterocycles. The van der Waals surface area contributed by atoms with Crippen molar-refractivity contribution in [1.82, 2.24) is 9.55 Å². The van der Waals surface area contributed by atoms with E-state index in [0.717, 1.165) is 24.1 Å². The molecule has 0 fully saturated rings. The van der Waals surface area contributed by atoms with Gasteiger partial charge in [0.15, 0.2) is 5.82 Å². The van der Waals surface area contributed by atoms with Gasteiger partial charge in [-0.3, -0.25) is 4.79 Å². The molecule has 1 aromatic carbocycles. The Morgan fingerprint density at radius 3 is 2.84 bits per heavy atom. The van der Waals surface area contributed by atoms with Crippen LogP contribution in [-0.4, -0.2) is 37.7 Å². The maximum Gasteiger partial charge on any atom is 0.294 e. The van der Waals surface area contributed by atoms with Crippen LogP contribution in [0.15, 0.2) is 23.1 Å². The molecule has 2 aromatic rings. The SMILES string of the molecule is [B]c1cn([C@@H](CC)COC)c(=O)c(N2CCc3cc(Cl)cc(Cl)c32)n1. The fourth-order valence-electron chi connectivity index (χ4n) is 3.22. The van der Waals surface area contributed by atoms with Gasteiger partial charge in [-0.05, 0) is 30.5 Å². The van der Waals surface area contributed by atoms with Crippen molar-refractivity contribution in [1.29, 1.82) is 0 Å². The Morgan fingerprint density at radius 1 is 1.40 bits per heavy atom. The number of fused-ring (bicyclic) bond motifs is 1. The standard InChI is InChI=1S/C17H18BCl2N3O2/c1-3-12(9-25-2)23-8-14(18)21-16(17(23)24)22-5-4-10-6-11(19)7-13(20)15(10)22/h6-8,12H,3-5,9H2,1-2H3/t12-/m0/s1. The van der Waals surface area contributed by atoms with Gasteiger partial charge in [-0.15, -0.1) is 0 Å². The van der Waals surface area contributed by atoms with Crippen LogP contribution >= 0.6 is 23.2 Å². The van der Waals surface area contributed by atoms with Crippen LogP contribution in [0.2, 0.25) is 10.0 Å². The highest BCUT2D eigenvalue weighted by Crippen LogP contribution is 2.40. The zero-order valence-corrected chi connectivity index (χ0v) is 15.6. The first-order valence-electron chi connectivity index (χ1n) is 8.09. The van der Waals surface area contributed by atoms with E-state index in [0.29, 0.717) is 23.2 Å². The van der Waals surface area contributed by atoms with Gasteiger partial charge in [0.2, 0.25) is 0 Å². The van der Waals surface area contributed by atoms with Crippen LogP contribution in [0.4, 0.5) is 11.5 Å². The van der Waals surface area contributed by atoms with Crippen molar-refractivity contribution in [2.24, 2.45) is 0 Å². The maximum atomic E-state index is 13.0. The van der Waals surface area contributed by atoms with Crippen LogP contribution in [0.5, 0.6) is 0 Å². The summed E-state index contributed by atoms with van der Waals surface area (Å²) < 4.78 is 6.83. The summed E-state index contributed by atoms with van der Waals surface area (Å²) in [5, 5.41) is 1.08. The molecule has 1 atom stereocenters. The molecular weight excluding hydrogens is 360 g/mol. The third-order valence-electron chi connectivity index (χ3n) is 4.39. The molecule has 25 heavy (non-hydrogen) atoms. The topological polar surface area (TPSA) is 47.4 Å². The van der Waals surface area contributed by atoms with Crippen molar-refractivity contribution in [3.05, 3.63) is 44.3 Å². The van der Waals surface area contributed by atoms with Crippen LogP contribution in [0.25, 0.3) is 0 Å². The first kappa shape index (κ1) is 18.3. The molecule has 0 saturated carbocycles.